The second kappa shape index (κ2) is 15.4. The summed E-state index contributed by atoms with van der Waals surface area (Å²) < 4.78 is 0.284. The fourth-order valence-corrected chi connectivity index (χ4v) is 10.6. The molecule has 0 nitrogen and oxygen atoms in total. The van der Waals surface area contributed by atoms with Crippen LogP contribution in [0.15, 0.2) is 34.8 Å². The summed E-state index contributed by atoms with van der Waals surface area (Å²) in [5, 5.41) is 0. The summed E-state index contributed by atoms with van der Waals surface area (Å²) in [6, 6.07) is 9.68. The van der Waals surface area contributed by atoms with Gasteiger partial charge >= 0.3 is 0 Å². The third-order valence-corrected chi connectivity index (χ3v) is 11.4. The van der Waals surface area contributed by atoms with Gasteiger partial charge in [-0.05, 0) is 67.1 Å². The first-order valence-corrected chi connectivity index (χ1v) is 14.4. The van der Waals surface area contributed by atoms with E-state index in [1.165, 1.54) is 36.2 Å². The van der Waals surface area contributed by atoms with Gasteiger partial charge in [-0.25, -0.2) is 0 Å². The zero-order valence-corrected chi connectivity index (χ0v) is 22.5. The topological polar surface area (TPSA) is 0 Å². The van der Waals surface area contributed by atoms with Crippen LogP contribution in [0.5, 0.6) is 0 Å². The molecule has 0 atom stereocenters. The van der Waals surface area contributed by atoms with E-state index in [1.54, 1.807) is 83.1 Å². The van der Waals surface area contributed by atoms with Gasteiger partial charge in [-0.1, -0.05) is 119 Å². The zero-order valence-electron chi connectivity index (χ0n) is 18.4. The van der Waals surface area contributed by atoms with Crippen molar-refractivity contribution >= 4 is 37.2 Å². The maximum Gasteiger partial charge on any atom is 0.107 e. The summed E-state index contributed by atoms with van der Waals surface area (Å²) in [4.78, 5) is 0. The predicted octanol–water partition coefficient (Wildman–Crippen LogP) is 9.93. The molecular formula is C26H39Cl2PRu. The van der Waals surface area contributed by atoms with Crippen molar-refractivity contribution in [2.45, 2.75) is 113 Å². The smallest absolute Gasteiger partial charge is 0.0971 e. The van der Waals surface area contributed by atoms with E-state index >= 15 is 0 Å². The molecule has 0 amide bonds. The maximum absolute atomic E-state index is 5.44. The molecule has 170 valence electrons. The van der Waals surface area contributed by atoms with E-state index in [1.807, 2.05) is 30.3 Å². The molecule has 4 rings (SSSR count). The van der Waals surface area contributed by atoms with Crippen LogP contribution in [0, 0.1) is 0 Å². The molecule has 3 saturated carbocycles. The zero-order chi connectivity index (χ0) is 20.3. The molecular weight excluding hydrogens is 515 g/mol. The first-order chi connectivity index (χ1) is 14.2. The first kappa shape index (κ1) is 26.8. The van der Waals surface area contributed by atoms with Gasteiger partial charge in [0.25, 0.3) is 0 Å². The Balaban J connectivity index is 0.000000249. The van der Waals surface area contributed by atoms with Crippen LogP contribution in [-0.2, 0) is 19.5 Å². The second-order valence-corrected chi connectivity index (χ2v) is 13.3. The molecule has 3 fully saturated rings. The van der Waals surface area contributed by atoms with Crippen molar-refractivity contribution in [3.8, 4) is 0 Å². The average Bonchev–Trinajstić information content (AvgIpc) is 2.77. The molecule has 4 heteroatoms. The van der Waals surface area contributed by atoms with E-state index in [-0.39, 0.29) is 24.0 Å². The molecule has 3 aliphatic carbocycles. The molecule has 0 aliphatic heterocycles. The molecule has 1 aromatic rings. The van der Waals surface area contributed by atoms with E-state index in [4.69, 9.17) is 23.2 Å². The quantitative estimate of drug-likeness (QED) is 0.257. The van der Waals surface area contributed by atoms with Gasteiger partial charge in [-0.15, -0.1) is 0 Å². The minimum Gasteiger partial charge on any atom is -0.0971 e. The van der Waals surface area contributed by atoms with E-state index in [2.05, 4.69) is 0 Å². The van der Waals surface area contributed by atoms with Crippen LogP contribution in [0.3, 0.4) is 0 Å². The summed E-state index contributed by atoms with van der Waals surface area (Å²) in [6.07, 6.45) is 25.3. The summed E-state index contributed by atoms with van der Waals surface area (Å²) in [7, 11) is 0.385. The van der Waals surface area contributed by atoms with Crippen molar-refractivity contribution < 1.29 is 19.5 Å². The third-order valence-electron chi connectivity index (χ3n) is 7.06. The summed E-state index contributed by atoms with van der Waals surface area (Å²) in [5.41, 5.74) is 4.59. The maximum atomic E-state index is 5.44. The number of halogens is 2. The fourth-order valence-electron chi connectivity index (χ4n) is 5.71. The fraction of sp³-hybridized carbons (Fsp3) is 0.692. The van der Waals surface area contributed by atoms with Gasteiger partial charge in [-0.2, -0.15) is 0 Å². The van der Waals surface area contributed by atoms with Crippen molar-refractivity contribution in [3.05, 3.63) is 40.4 Å². The van der Waals surface area contributed by atoms with Gasteiger partial charge < -0.3 is 0 Å². The minimum atomic E-state index is 0. The molecule has 0 radical (unpaired) electrons. The van der Waals surface area contributed by atoms with Crippen molar-refractivity contribution in [3.63, 3.8) is 0 Å². The van der Waals surface area contributed by atoms with Gasteiger partial charge in [0.05, 0.1) is 0 Å². The largest absolute Gasteiger partial charge is 0.107 e. The minimum absolute atomic E-state index is 0. The van der Waals surface area contributed by atoms with Crippen LogP contribution in [0.25, 0.3) is 6.08 Å². The molecule has 0 aromatic heterocycles. The Labute approximate surface area is 209 Å². The molecule has 0 N–H and O–H groups in total. The van der Waals surface area contributed by atoms with Crippen LogP contribution >= 0.6 is 31.1 Å². The molecule has 0 heterocycles. The van der Waals surface area contributed by atoms with E-state index in [0.29, 0.717) is 7.92 Å². The van der Waals surface area contributed by atoms with Crippen LogP contribution in [0.4, 0.5) is 0 Å². The standard InChI is InChI=1S/C18H33P.C8H6Cl2.Ru/c1-4-10-16(11-5-1)19(17-12-6-2-7-13-17)18-14-8-3-9-15-18;9-8(10)6-7-4-2-1-3-5-7;/h16-18H,1-15H2;1-6H;. The molecule has 3 aliphatic rings. The molecule has 0 spiro atoms. The number of rotatable bonds is 4. The molecule has 0 unspecified atom stereocenters. The van der Waals surface area contributed by atoms with Gasteiger partial charge in [0.1, 0.15) is 4.49 Å². The predicted molar refractivity (Wildman–Crippen MR) is 134 cm³/mol. The number of hydrogen-bond acceptors (Lipinski definition) is 0. The Morgan fingerprint density at radius 2 is 1.00 bits per heavy atom. The van der Waals surface area contributed by atoms with Gasteiger partial charge in [0, 0.05) is 19.5 Å². The second-order valence-electron chi connectivity index (χ2n) is 9.17. The van der Waals surface area contributed by atoms with E-state index in [9.17, 15) is 0 Å². The summed E-state index contributed by atoms with van der Waals surface area (Å²) in [6.45, 7) is 0. The Bertz CT molecular complexity index is 542. The summed E-state index contributed by atoms with van der Waals surface area (Å²) >= 11 is 10.9. The molecule has 30 heavy (non-hydrogen) atoms. The van der Waals surface area contributed by atoms with Gasteiger partial charge in [0.2, 0.25) is 0 Å². The molecule has 1 aromatic carbocycles. The Morgan fingerprint density at radius 3 is 1.33 bits per heavy atom. The van der Waals surface area contributed by atoms with Gasteiger partial charge in [-0.3, -0.25) is 0 Å². The van der Waals surface area contributed by atoms with Gasteiger partial charge in [0.15, 0.2) is 0 Å². The van der Waals surface area contributed by atoms with Crippen molar-refractivity contribution in [1.29, 1.82) is 0 Å². The third kappa shape index (κ3) is 9.22. The van der Waals surface area contributed by atoms with Crippen LogP contribution in [-0.4, -0.2) is 17.0 Å². The Hall–Kier alpha value is 0.593. The van der Waals surface area contributed by atoms with E-state index in [0.717, 1.165) is 5.56 Å². The van der Waals surface area contributed by atoms with Crippen molar-refractivity contribution in [2.75, 3.05) is 0 Å². The Kier molecular flexibility index (Phi) is 13.8. The van der Waals surface area contributed by atoms with E-state index < -0.39 is 0 Å². The molecule has 0 saturated heterocycles. The average molecular weight is 555 g/mol. The first-order valence-electron chi connectivity index (χ1n) is 12.1. The number of benzene rings is 1. The monoisotopic (exact) mass is 554 g/mol. The SMILES string of the molecule is C1CCC(P(C2CCCCC2)C2CCCCC2)CC1.ClC(Cl)=Cc1ccccc1.[Ru]. The molecule has 0 bridgehead atoms. The Morgan fingerprint density at radius 1 is 0.633 bits per heavy atom. The normalized spacial score (nSPS) is 21.3. The van der Waals surface area contributed by atoms with Crippen molar-refractivity contribution in [1.82, 2.24) is 0 Å². The number of hydrogen-bond donors (Lipinski definition) is 0. The van der Waals surface area contributed by atoms with Crippen LogP contribution < -0.4 is 0 Å². The van der Waals surface area contributed by atoms with Crippen molar-refractivity contribution in [2.24, 2.45) is 0 Å². The summed E-state index contributed by atoms with van der Waals surface area (Å²) in [5.74, 6) is 0. The van der Waals surface area contributed by atoms with Crippen LogP contribution in [0.1, 0.15) is 102 Å². The van der Waals surface area contributed by atoms with Crippen LogP contribution in [0.2, 0.25) is 0 Å².